The highest BCUT2D eigenvalue weighted by Gasteiger charge is 2.63. The maximum absolute atomic E-state index is 13.4. The van der Waals surface area contributed by atoms with Gasteiger partial charge in [0.1, 0.15) is 6.61 Å². The predicted octanol–water partition coefficient (Wildman–Crippen LogP) is 3.09. The molecule has 5 nitrogen and oxygen atoms in total. The maximum Gasteiger partial charge on any atom is 0.312 e. The van der Waals surface area contributed by atoms with Crippen LogP contribution in [-0.4, -0.2) is 32.5 Å². The van der Waals surface area contributed by atoms with Gasteiger partial charge in [-0.25, -0.2) is 0 Å². The van der Waals surface area contributed by atoms with E-state index in [9.17, 15) is 14.4 Å². The van der Waals surface area contributed by atoms with Gasteiger partial charge in [0.05, 0.1) is 5.41 Å². The van der Waals surface area contributed by atoms with E-state index < -0.39 is 19.1 Å². The van der Waals surface area contributed by atoms with Crippen molar-refractivity contribution < 1.29 is 23.5 Å². The van der Waals surface area contributed by atoms with Crippen LogP contribution in [0.25, 0.3) is 0 Å². The molecule has 3 aliphatic carbocycles. The van der Waals surface area contributed by atoms with Gasteiger partial charge in [0.15, 0.2) is 11.5 Å². The van der Waals surface area contributed by atoms with Crippen LogP contribution in [-0.2, 0) is 23.5 Å². The number of cyclic esters (lactones) is 1. The zero-order chi connectivity index (χ0) is 18.9. The molecule has 1 heterocycles. The third-order valence-electron chi connectivity index (χ3n) is 6.15. The Labute approximate surface area is 154 Å². The molecule has 0 radical (unpaired) electrons. The lowest BCUT2D eigenvalue weighted by atomic mass is 9.48. The molecule has 1 saturated carbocycles. The third-order valence-corrected chi connectivity index (χ3v) is 6.98. The Morgan fingerprint density at radius 1 is 1.19 bits per heavy atom. The average Bonchev–Trinajstić information content (AvgIpc) is 2.54. The van der Waals surface area contributed by atoms with Crippen molar-refractivity contribution in [2.75, 3.05) is 6.61 Å². The molecule has 26 heavy (non-hydrogen) atoms. The molecule has 3 atom stereocenters. The van der Waals surface area contributed by atoms with Crippen molar-refractivity contribution in [3.05, 3.63) is 35.1 Å². The molecule has 0 amide bonds. The molecular formula is C20H24O5Si. The normalized spacial score (nSPS) is 36.2. The summed E-state index contributed by atoms with van der Waals surface area (Å²) in [6.07, 6.45) is 7.34. The van der Waals surface area contributed by atoms with E-state index in [1.54, 1.807) is 6.08 Å². The van der Waals surface area contributed by atoms with Gasteiger partial charge >= 0.3 is 5.97 Å². The number of carbonyl (C=O) groups is 3. The van der Waals surface area contributed by atoms with Crippen molar-refractivity contribution in [1.82, 2.24) is 0 Å². The molecule has 6 heteroatoms. The number of carbonyl (C=O) groups excluding carboxylic acids is 3. The SMILES string of the molecule is C[C@@]12CCC[C@]3(COC1=O)C1=C(C=C[C@H]32)C(=O)C=C(O[Si](C)(C)C)C1=O. The minimum Gasteiger partial charge on any atom is -0.542 e. The van der Waals surface area contributed by atoms with E-state index in [0.29, 0.717) is 11.1 Å². The molecule has 4 aliphatic rings. The van der Waals surface area contributed by atoms with Crippen molar-refractivity contribution in [3.63, 3.8) is 0 Å². The molecule has 0 spiro atoms. The van der Waals surface area contributed by atoms with Gasteiger partial charge in [0.2, 0.25) is 14.1 Å². The summed E-state index contributed by atoms with van der Waals surface area (Å²) >= 11 is 0. The molecule has 0 aromatic rings. The molecule has 1 saturated heterocycles. The van der Waals surface area contributed by atoms with Gasteiger partial charge in [-0.3, -0.25) is 14.4 Å². The summed E-state index contributed by atoms with van der Waals surface area (Å²) in [5.41, 5.74) is -0.309. The smallest absolute Gasteiger partial charge is 0.312 e. The summed E-state index contributed by atoms with van der Waals surface area (Å²) in [5.74, 6) is -0.567. The summed E-state index contributed by atoms with van der Waals surface area (Å²) in [6.45, 7) is 8.04. The van der Waals surface area contributed by atoms with Crippen LogP contribution >= 0.6 is 0 Å². The van der Waals surface area contributed by atoms with Crippen LogP contribution in [0.15, 0.2) is 35.1 Å². The summed E-state index contributed by atoms with van der Waals surface area (Å²) in [5, 5.41) is 0. The van der Waals surface area contributed by atoms with Crippen LogP contribution in [0.1, 0.15) is 26.2 Å². The first kappa shape index (κ1) is 17.5. The van der Waals surface area contributed by atoms with E-state index in [-0.39, 0.29) is 35.8 Å². The number of rotatable bonds is 2. The van der Waals surface area contributed by atoms with Gasteiger partial charge in [-0.05, 0) is 39.4 Å². The number of ketones is 2. The quantitative estimate of drug-likeness (QED) is 0.423. The van der Waals surface area contributed by atoms with Gasteiger partial charge in [-0.1, -0.05) is 18.6 Å². The van der Waals surface area contributed by atoms with Crippen LogP contribution in [0.5, 0.6) is 0 Å². The fourth-order valence-electron chi connectivity index (χ4n) is 5.08. The van der Waals surface area contributed by atoms with Gasteiger partial charge in [0.25, 0.3) is 0 Å². The lowest BCUT2D eigenvalue weighted by Crippen LogP contribution is -2.59. The van der Waals surface area contributed by atoms with E-state index >= 15 is 0 Å². The Bertz CT molecular complexity index is 828. The second kappa shape index (κ2) is 5.28. The van der Waals surface area contributed by atoms with E-state index in [4.69, 9.17) is 9.16 Å². The van der Waals surface area contributed by atoms with E-state index in [2.05, 4.69) is 0 Å². The van der Waals surface area contributed by atoms with Gasteiger partial charge in [0, 0.05) is 28.6 Å². The molecule has 2 fully saturated rings. The van der Waals surface area contributed by atoms with Gasteiger partial charge < -0.3 is 9.16 Å². The fourth-order valence-corrected chi connectivity index (χ4v) is 5.89. The number of hydrogen-bond donors (Lipinski definition) is 0. The van der Waals surface area contributed by atoms with Crippen LogP contribution in [0.4, 0.5) is 0 Å². The van der Waals surface area contributed by atoms with Crippen molar-refractivity contribution >= 4 is 25.9 Å². The Morgan fingerprint density at radius 2 is 1.92 bits per heavy atom. The lowest BCUT2D eigenvalue weighted by Gasteiger charge is -2.56. The molecule has 1 aliphatic heterocycles. The summed E-state index contributed by atoms with van der Waals surface area (Å²) < 4.78 is 11.5. The van der Waals surface area contributed by atoms with Crippen molar-refractivity contribution in [2.24, 2.45) is 16.7 Å². The highest BCUT2D eigenvalue weighted by molar-refractivity contribution is 6.70. The maximum atomic E-state index is 13.4. The number of esters is 1. The molecule has 4 rings (SSSR count). The largest absolute Gasteiger partial charge is 0.542 e. The summed E-state index contributed by atoms with van der Waals surface area (Å²) in [7, 11) is -2.04. The van der Waals surface area contributed by atoms with Crippen molar-refractivity contribution in [2.45, 2.75) is 45.8 Å². The van der Waals surface area contributed by atoms with Crippen LogP contribution in [0.2, 0.25) is 19.6 Å². The number of Topliss-reactive ketones (excluding diaryl/α,β-unsaturated/α-hetero) is 1. The minimum atomic E-state index is -2.04. The highest BCUT2D eigenvalue weighted by Crippen LogP contribution is 2.61. The zero-order valence-electron chi connectivity index (χ0n) is 15.7. The van der Waals surface area contributed by atoms with Crippen LogP contribution in [0.3, 0.4) is 0 Å². The number of ether oxygens (including phenoxy) is 1. The first-order valence-electron chi connectivity index (χ1n) is 9.18. The molecule has 0 unspecified atom stereocenters. The third kappa shape index (κ3) is 2.24. The summed E-state index contributed by atoms with van der Waals surface area (Å²) in [6, 6.07) is 0. The topological polar surface area (TPSA) is 69.7 Å². The minimum absolute atomic E-state index is 0.119. The Kier molecular flexibility index (Phi) is 3.55. The second-order valence-electron chi connectivity index (χ2n) is 9.05. The summed E-state index contributed by atoms with van der Waals surface area (Å²) in [4.78, 5) is 38.6. The molecular weight excluding hydrogens is 348 g/mol. The Hall–Kier alpha value is -1.95. The van der Waals surface area contributed by atoms with Gasteiger partial charge in [-0.2, -0.15) is 0 Å². The standard InChI is InChI=1S/C20H24O5Si/c1-19-8-5-9-20(11-24-18(19)23)15(19)7-6-12-13(21)10-14(17(22)16(12)20)25-26(2,3)4/h6-7,10,15H,5,8-9,11H2,1-4H3/t15-,19-,20+/m0/s1. The lowest BCUT2D eigenvalue weighted by molar-refractivity contribution is -0.185. The van der Waals surface area contributed by atoms with E-state index in [0.717, 1.165) is 19.3 Å². The first-order valence-corrected chi connectivity index (χ1v) is 12.6. The molecule has 2 bridgehead atoms. The monoisotopic (exact) mass is 372 g/mol. The molecule has 138 valence electrons. The van der Waals surface area contributed by atoms with Gasteiger partial charge in [-0.15, -0.1) is 0 Å². The van der Waals surface area contributed by atoms with Crippen molar-refractivity contribution in [1.29, 1.82) is 0 Å². The second-order valence-corrected chi connectivity index (χ2v) is 13.5. The Morgan fingerprint density at radius 3 is 2.62 bits per heavy atom. The van der Waals surface area contributed by atoms with Crippen molar-refractivity contribution in [3.8, 4) is 0 Å². The van der Waals surface area contributed by atoms with Crippen LogP contribution < -0.4 is 0 Å². The number of allylic oxidation sites excluding steroid dienone is 5. The zero-order valence-corrected chi connectivity index (χ0v) is 16.7. The highest BCUT2D eigenvalue weighted by atomic mass is 28.4. The average molecular weight is 372 g/mol. The van der Waals surface area contributed by atoms with Crippen LogP contribution in [0, 0.1) is 16.7 Å². The van der Waals surface area contributed by atoms with E-state index in [1.807, 2.05) is 32.6 Å². The predicted molar refractivity (Wildman–Crippen MR) is 97.5 cm³/mol. The first-order chi connectivity index (χ1) is 12.1. The number of hydrogen-bond acceptors (Lipinski definition) is 5. The van der Waals surface area contributed by atoms with E-state index in [1.165, 1.54) is 6.08 Å². The molecule has 0 aromatic carbocycles. The Balaban J connectivity index is 1.84. The fraction of sp³-hybridized carbons (Fsp3) is 0.550. The molecule has 0 aromatic heterocycles. The molecule has 0 N–H and O–H groups in total.